The maximum absolute atomic E-state index is 6.06. The second-order valence-electron chi connectivity index (χ2n) is 5.45. The zero-order valence-corrected chi connectivity index (χ0v) is 12.8. The lowest BCUT2D eigenvalue weighted by Crippen LogP contribution is -2.36. The lowest BCUT2D eigenvalue weighted by Gasteiger charge is -2.21. The van der Waals surface area contributed by atoms with Crippen molar-refractivity contribution < 1.29 is 9.47 Å². The molecule has 1 N–H and O–H groups in total. The summed E-state index contributed by atoms with van der Waals surface area (Å²) in [5.74, 6) is 1.59. The number of benzene rings is 1. The van der Waals surface area contributed by atoms with Gasteiger partial charge in [-0.1, -0.05) is 26.0 Å². The third-order valence-corrected chi connectivity index (χ3v) is 3.13. The summed E-state index contributed by atoms with van der Waals surface area (Å²) >= 11 is 0. The molecular weight excluding hydrogens is 238 g/mol. The van der Waals surface area contributed by atoms with Crippen LogP contribution in [0.5, 0.6) is 5.75 Å². The molecule has 1 rings (SSSR count). The molecule has 0 saturated carbocycles. The Morgan fingerprint density at radius 1 is 1.16 bits per heavy atom. The van der Waals surface area contributed by atoms with E-state index in [1.807, 2.05) is 12.1 Å². The summed E-state index contributed by atoms with van der Waals surface area (Å²) in [6, 6.07) is 6.15. The Bertz CT molecular complexity index is 377. The fraction of sp³-hybridized carbons (Fsp3) is 0.625. The van der Waals surface area contributed by atoms with E-state index in [0.29, 0.717) is 12.5 Å². The molecule has 108 valence electrons. The predicted molar refractivity (Wildman–Crippen MR) is 79.9 cm³/mol. The van der Waals surface area contributed by atoms with Crippen LogP contribution in [0.15, 0.2) is 18.2 Å². The Morgan fingerprint density at radius 3 is 2.53 bits per heavy atom. The second kappa shape index (κ2) is 8.18. The fourth-order valence-electron chi connectivity index (χ4n) is 1.88. The number of hydrogen-bond donors (Lipinski definition) is 1. The lowest BCUT2D eigenvalue weighted by atomic mass is 10.1. The van der Waals surface area contributed by atoms with E-state index in [1.54, 1.807) is 7.11 Å². The summed E-state index contributed by atoms with van der Waals surface area (Å²) in [6.45, 7) is 11.0. The first-order valence-electron chi connectivity index (χ1n) is 6.97. The predicted octanol–water partition coefficient (Wildman–Crippen LogP) is 2.94. The summed E-state index contributed by atoms with van der Waals surface area (Å²) in [6.07, 6.45) is 0.0456. The van der Waals surface area contributed by atoms with Crippen molar-refractivity contribution in [3.8, 4) is 5.75 Å². The first-order chi connectivity index (χ1) is 9.04. The highest BCUT2D eigenvalue weighted by molar-refractivity contribution is 5.38. The van der Waals surface area contributed by atoms with Gasteiger partial charge in [-0.25, -0.2) is 0 Å². The minimum Gasteiger partial charge on any atom is -0.486 e. The number of ether oxygens (including phenoxy) is 2. The maximum atomic E-state index is 6.06. The van der Waals surface area contributed by atoms with Gasteiger partial charge in [-0.05, 0) is 43.5 Å². The maximum Gasteiger partial charge on any atom is 0.134 e. The zero-order valence-electron chi connectivity index (χ0n) is 12.8. The molecule has 0 aliphatic carbocycles. The molecule has 3 heteroatoms. The first-order valence-corrected chi connectivity index (χ1v) is 6.97. The van der Waals surface area contributed by atoms with E-state index >= 15 is 0 Å². The fourth-order valence-corrected chi connectivity index (χ4v) is 1.88. The van der Waals surface area contributed by atoms with E-state index in [2.05, 4.69) is 39.1 Å². The summed E-state index contributed by atoms with van der Waals surface area (Å²) < 4.78 is 11.3. The first kappa shape index (κ1) is 16.0. The molecule has 1 unspecified atom stereocenters. The highest BCUT2D eigenvalue weighted by Gasteiger charge is 2.12. The van der Waals surface area contributed by atoms with Gasteiger partial charge < -0.3 is 14.8 Å². The Hall–Kier alpha value is -1.06. The molecule has 3 nitrogen and oxygen atoms in total. The molecule has 0 spiro atoms. The van der Waals surface area contributed by atoms with Crippen molar-refractivity contribution in [1.82, 2.24) is 5.32 Å². The number of methoxy groups -OCH3 is 1. The minimum atomic E-state index is 0.0456. The van der Waals surface area contributed by atoms with Crippen molar-refractivity contribution in [3.05, 3.63) is 29.3 Å². The minimum absolute atomic E-state index is 0.0456. The summed E-state index contributed by atoms with van der Waals surface area (Å²) in [7, 11) is 1.71. The quantitative estimate of drug-likeness (QED) is 0.784. The van der Waals surface area contributed by atoms with Crippen molar-refractivity contribution in [1.29, 1.82) is 0 Å². The van der Waals surface area contributed by atoms with Crippen LogP contribution in [0.4, 0.5) is 0 Å². The Labute approximate surface area is 117 Å². The van der Waals surface area contributed by atoms with Crippen LogP contribution in [0.2, 0.25) is 0 Å². The van der Waals surface area contributed by atoms with Crippen molar-refractivity contribution in [2.24, 2.45) is 5.92 Å². The molecule has 1 atom stereocenters. The van der Waals surface area contributed by atoms with Gasteiger partial charge in [0.2, 0.25) is 0 Å². The van der Waals surface area contributed by atoms with Gasteiger partial charge in [-0.2, -0.15) is 0 Å². The van der Waals surface area contributed by atoms with Gasteiger partial charge in [0.1, 0.15) is 11.9 Å². The van der Waals surface area contributed by atoms with E-state index in [1.165, 1.54) is 11.1 Å². The van der Waals surface area contributed by atoms with Gasteiger partial charge in [0, 0.05) is 13.7 Å². The Kier molecular flexibility index (Phi) is 6.89. The molecule has 0 amide bonds. The standard InChI is InChI=1S/C16H27NO2/c1-12(2)9-17-10-15(11-18-5)19-16-8-6-7-13(3)14(16)4/h6-8,12,15,17H,9-11H2,1-5H3. The number of nitrogens with one attached hydrogen (secondary N) is 1. The van der Waals surface area contributed by atoms with E-state index < -0.39 is 0 Å². The zero-order chi connectivity index (χ0) is 14.3. The SMILES string of the molecule is COCC(CNCC(C)C)Oc1cccc(C)c1C. The van der Waals surface area contributed by atoms with Crippen molar-refractivity contribution >= 4 is 0 Å². The number of hydrogen-bond acceptors (Lipinski definition) is 3. The molecular formula is C16H27NO2. The third kappa shape index (κ3) is 5.62. The monoisotopic (exact) mass is 265 g/mol. The van der Waals surface area contributed by atoms with Crippen LogP contribution in [0.25, 0.3) is 0 Å². The van der Waals surface area contributed by atoms with Crippen LogP contribution in [0.3, 0.4) is 0 Å². The van der Waals surface area contributed by atoms with Crippen molar-refractivity contribution in [2.45, 2.75) is 33.8 Å². The van der Waals surface area contributed by atoms with Crippen molar-refractivity contribution in [3.63, 3.8) is 0 Å². The van der Waals surface area contributed by atoms with Gasteiger partial charge in [0.05, 0.1) is 6.61 Å². The molecule has 0 bridgehead atoms. The third-order valence-electron chi connectivity index (χ3n) is 3.13. The van der Waals surface area contributed by atoms with Gasteiger partial charge in [-0.3, -0.25) is 0 Å². The molecule has 0 aliphatic heterocycles. The summed E-state index contributed by atoms with van der Waals surface area (Å²) in [4.78, 5) is 0. The Morgan fingerprint density at radius 2 is 1.89 bits per heavy atom. The molecule has 1 aromatic carbocycles. The van der Waals surface area contributed by atoms with E-state index in [0.717, 1.165) is 18.8 Å². The number of rotatable bonds is 8. The topological polar surface area (TPSA) is 30.5 Å². The normalized spacial score (nSPS) is 12.7. The van der Waals surface area contributed by atoms with Gasteiger partial charge in [0.15, 0.2) is 0 Å². The average Bonchev–Trinajstić information content (AvgIpc) is 2.34. The van der Waals surface area contributed by atoms with Crippen LogP contribution in [-0.2, 0) is 4.74 Å². The van der Waals surface area contributed by atoms with E-state index in [4.69, 9.17) is 9.47 Å². The lowest BCUT2D eigenvalue weighted by molar-refractivity contribution is 0.0797. The molecule has 0 aliphatic rings. The van der Waals surface area contributed by atoms with Gasteiger partial charge in [0.25, 0.3) is 0 Å². The highest BCUT2D eigenvalue weighted by atomic mass is 16.5. The average molecular weight is 265 g/mol. The van der Waals surface area contributed by atoms with Gasteiger partial charge >= 0.3 is 0 Å². The molecule has 0 fully saturated rings. The smallest absolute Gasteiger partial charge is 0.134 e. The molecule has 19 heavy (non-hydrogen) atoms. The number of aryl methyl sites for hydroxylation is 1. The van der Waals surface area contributed by atoms with Crippen LogP contribution in [0.1, 0.15) is 25.0 Å². The Balaban J connectivity index is 2.59. The molecule has 0 aromatic heterocycles. The highest BCUT2D eigenvalue weighted by Crippen LogP contribution is 2.21. The molecule has 1 aromatic rings. The molecule has 0 heterocycles. The van der Waals surface area contributed by atoms with Crippen LogP contribution >= 0.6 is 0 Å². The van der Waals surface area contributed by atoms with E-state index in [9.17, 15) is 0 Å². The van der Waals surface area contributed by atoms with Crippen LogP contribution in [-0.4, -0.2) is 32.9 Å². The van der Waals surface area contributed by atoms with Crippen LogP contribution in [0, 0.1) is 19.8 Å². The molecule has 0 radical (unpaired) electrons. The second-order valence-corrected chi connectivity index (χ2v) is 5.45. The van der Waals surface area contributed by atoms with E-state index in [-0.39, 0.29) is 6.10 Å². The van der Waals surface area contributed by atoms with Crippen molar-refractivity contribution in [2.75, 3.05) is 26.8 Å². The van der Waals surface area contributed by atoms with Crippen LogP contribution < -0.4 is 10.1 Å². The molecule has 0 saturated heterocycles. The largest absolute Gasteiger partial charge is 0.486 e. The summed E-state index contributed by atoms with van der Waals surface area (Å²) in [5.41, 5.74) is 2.45. The van der Waals surface area contributed by atoms with Gasteiger partial charge in [-0.15, -0.1) is 0 Å². The summed E-state index contributed by atoms with van der Waals surface area (Å²) in [5, 5.41) is 3.42.